The Balaban J connectivity index is 2.35. The number of carboxylic acid groups (broad SMARTS) is 1. The van der Waals surface area contributed by atoms with E-state index in [2.05, 4.69) is 10.3 Å². The van der Waals surface area contributed by atoms with E-state index in [1.54, 1.807) is 0 Å². The normalized spacial score (nSPS) is 21.3. The van der Waals surface area contributed by atoms with Gasteiger partial charge in [0.25, 0.3) is 0 Å². The molecular weight excluding hydrogens is 202 g/mol. The number of hydrogen-bond donors (Lipinski definition) is 3. The molecule has 76 valence electrons. The summed E-state index contributed by atoms with van der Waals surface area (Å²) in [7, 11) is 0. The minimum absolute atomic E-state index is 0.0645. The first-order valence-electron chi connectivity index (χ1n) is 4.41. The summed E-state index contributed by atoms with van der Waals surface area (Å²) < 4.78 is 0. The highest BCUT2D eigenvalue weighted by Gasteiger charge is 2.25. The molecular formula is C8H11N3O2S. The van der Waals surface area contributed by atoms with Crippen molar-refractivity contribution in [1.82, 2.24) is 10.3 Å². The zero-order chi connectivity index (χ0) is 10.1. The summed E-state index contributed by atoms with van der Waals surface area (Å²) in [5.41, 5.74) is 6.10. The Morgan fingerprint density at radius 3 is 3.07 bits per heavy atom. The Labute approximate surface area is 85.0 Å². The van der Waals surface area contributed by atoms with Crippen molar-refractivity contribution in [1.29, 1.82) is 0 Å². The number of aromatic carboxylic acids is 1. The molecule has 1 aliphatic rings. The molecule has 1 aromatic heterocycles. The number of nitrogens with zero attached hydrogens (tertiary/aromatic N) is 1. The molecule has 0 radical (unpaired) electrons. The van der Waals surface area contributed by atoms with E-state index in [0.717, 1.165) is 30.7 Å². The largest absolute Gasteiger partial charge is 0.477 e. The third-order valence-electron chi connectivity index (χ3n) is 2.25. The number of carboxylic acids is 1. The van der Waals surface area contributed by atoms with Gasteiger partial charge in [-0.25, -0.2) is 9.78 Å². The standard InChI is InChI=1S/C8H11N3O2S/c9-8-11-5(4-2-1-3-10-4)6(14-8)7(12)13/h4,10H,1-3H2,(H2,9,11)(H,12,13). The molecule has 4 N–H and O–H groups in total. The van der Waals surface area contributed by atoms with Crippen LogP contribution < -0.4 is 11.1 Å². The molecule has 1 atom stereocenters. The van der Waals surface area contributed by atoms with Gasteiger partial charge in [0.05, 0.1) is 11.7 Å². The Morgan fingerprint density at radius 2 is 2.50 bits per heavy atom. The summed E-state index contributed by atoms with van der Waals surface area (Å²) in [6.07, 6.45) is 1.99. The zero-order valence-corrected chi connectivity index (χ0v) is 8.30. The fourth-order valence-corrected chi connectivity index (χ4v) is 2.39. The number of hydrogen-bond acceptors (Lipinski definition) is 5. The average molecular weight is 213 g/mol. The van der Waals surface area contributed by atoms with Gasteiger partial charge in [-0.2, -0.15) is 0 Å². The van der Waals surface area contributed by atoms with E-state index in [9.17, 15) is 4.79 Å². The van der Waals surface area contributed by atoms with E-state index < -0.39 is 5.97 Å². The van der Waals surface area contributed by atoms with Crippen molar-refractivity contribution in [2.24, 2.45) is 0 Å². The number of nitrogen functional groups attached to an aromatic ring is 1. The fourth-order valence-electron chi connectivity index (χ4n) is 1.66. The molecule has 2 heterocycles. The lowest BCUT2D eigenvalue weighted by atomic mass is 10.1. The number of nitrogens with two attached hydrogens (primary N) is 1. The molecule has 0 saturated carbocycles. The maximum atomic E-state index is 10.9. The van der Waals surface area contributed by atoms with E-state index in [1.165, 1.54) is 0 Å². The molecule has 1 fully saturated rings. The number of thiazole rings is 1. The molecule has 0 spiro atoms. The maximum absolute atomic E-state index is 10.9. The van der Waals surface area contributed by atoms with E-state index in [-0.39, 0.29) is 10.9 Å². The SMILES string of the molecule is Nc1nc(C2CCCN2)c(C(=O)O)s1. The first kappa shape index (κ1) is 9.42. The van der Waals surface area contributed by atoms with Gasteiger partial charge < -0.3 is 16.2 Å². The molecule has 5 nitrogen and oxygen atoms in total. The van der Waals surface area contributed by atoms with Crippen LogP contribution in [-0.2, 0) is 0 Å². The summed E-state index contributed by atoms with van der Waals surface area (Å²) >= 11 is 1.04. The molecule has 2 rings (SSSR count). The van der Waals surface area contributed by atoms with Crippen LogP contribution in [0.2, 0.25) is 0 Å². The molecule has 0 aliphatic carbocycles. The first-order chi connectivity index (χ1) is 6.68. The zero-order valence-electron chi connectivity index (χ0n) is 7.49. The van der Waals surface area contributed by atoms with Crippen LogP contribution in [0.15, 0.2) is 0 Å². The molecule has 1 unspecified atom stereocenters. The van der Waals surface area contributed by atoms with Gasteiger partial charge in [-0.3, -0.25) is 0 Å². The van der Waals surface area contributed by atoms with Gasteiger partial charge in [0.15, 0.2) is 5.13 Å². The minimum Gasteiger partial charge on any atom is -0.477 e. The Bertz CT molecular complexity index is 357. The molecule has 1 saturated heterocycles. The number of aromatic nitrogens is 1. The van der Waals surface area contributed by atoms with Crippen LogP contribution in [0.1, 0.15) is 34.2 Å². The van der Waals surface area contributed by atoms with Gasteiger partial charge in [0, 0.05) is 0 Å². The maximum Gasteiger partial charge on any atom is 0.347 e. The third kappa shape index (κ3) is 1.58. The van der Waals surface area contributed by atoms with Crippen LogP contribution in [0.3, 0.4) is 0 Å². The predicted octanol–water partition coefficient (Wildman–Crippen LogP) is 0.848. The summed E-state index contributed by atoms with van der Waals surface area (Å²) in [6.45, 7) is 0.918. The first-order valence-corrected chi connectivity index (χ1v) is 5.23. The number of anilines is 1. The van der Waals surface area contributed by atoms with Crippen molar-refractivity contribution >= 4 is 22.4 Å². The van der Waals surface area contributed by atoms with Crippen molar-refractivity contribution in [3.63, 3.8) is 0 Å². The van der Waals surface area contributed by atoms with Crippen LogP contribution in [0.4, 0.5) is 5.13 Å². The van der Waals surface area contributed by atoms with Crippen molar-refractivity contribution in [3.8, 4) is 0 Å². The van der Waals surface area contributed by atoms with Gasteiger partial charge in [0.1, 0.15) is 4.88 Å². The molecule has 0 bridgehead atoms. The second-order valence-electron chi connectivity index (χ2n) is 3.22. The molecule has 14 heavy (non-hydrogen) atoms. The second-order valence-corrected chi connectivity index (χ2v) is 4.25. The summed E-state index contributed by atoms with van der Waals surface area (Å²) in [5, 5.41) is 12.5. The third-order valence-corrected chi connectivity index (χ3v) is 3.14. The van der Waals surface area contributed by atoms with Gasteiger partial charge >= 0.3 is 5.97 Å². The smallest absolute Gasteiger partial charge is 0.347 e. The Kier molecular flexibility index (Phi) is 2.39. The summed E-state index contributed by atoms with van der Waals surface area (Å²) in [6, 6.07) is 0.0645. The summed E-state index contributed by atoms with van der Waals surface area (Å²) in [4.78, 5) is 15.2. The summed E-state index contributed by atoms with van der Waals surface area (Å²) in [5.74, 6) is -0.942. The van der Waals surface area contributed by atoms with Crippen LogP contribution in [0.25, 0.3) is 0 Å². The topological polar surface area (TPSA) is 88.2 Å². The lowest BCUT2D eigenvalue weighted by Crippen LogP contribution is -2.16. The molecule has 1 aliphatic heterocycles. The number of rotatable bonds is 2. The lowest BCUT2D eigenvalue weighted by molar-refractivity contribution is 0.0700. The quantitative estimate of drug-likeness (QED) is 0.677. The Hall–Kier alpha value is -1.14. The van der Waals surface area contributed by atoms with Crippen LogP contribution in [-0.4, -0.2) is 22.6 Å². The van der Waals surface area contributed by atoms with E-state index in [1.807, 2.05) is 0 Å². The molecule has 6 heteroatoms. The van der Waals surface area contributed by atoms with Gasteiger partial charge in [0.2, 0.25) is 0 Å². The van der Waals surface area contributed by atoms with Crippen LogP contribution >= 0.6 is 11.3 Å². The highest BCUT2D eigenvalue weighted by molar-refractivity contribution is 7.17. The predicted molar refractivity (Wildman–Crippen MR) is 53.5 cm³/mol. The van der Waals surface area contributed by atoms with Gasteiger partial charge in [-0.05, 0) is 19.4 Å². The second kappa shape index (κ2) is 3.55. The fraction of sp³-hybridized carbons (Fsp3) is 0.500. The number of nitrogens with one attached hydrogen (secondary N) is 1. The molecule has 1 aromatic rings. The van der Waals surface area contributed by atoms with Crippen molar-refractivity contribution in [3.05, 3.63) is 10.6 Å². The molecule has 0 amide bonds. The van der Waals surface area contributed by atoms with Crippen LogP contribution in [0, 0.1) is 0 Å². The van der Waals surface area contributed by atoms with Gasteiger partial charge in [-0.1, -0.05) is 11.3 Å². The lowest BCUT2D eigenvalue weighted by Gasteiger charge is -2.06. The monoisotopic (exact) mass is 213 g/mol. The van der Waals surface area contributed by atoms with Crippen molar-refractivity contribution < 1.29 is 9.90 Å². The highest BCUT2D eigenvalue weighted by atomic mass is 32.1. The van der Waals surface area contributed by atoms with E-state index in [0.29, 0.717) is 10.8 Å². The highest BCUT2D eigenvalue weighted by Crippen LogP contribution is 2.30. The van der Waals surface area contributed by atoms with Crippen LogP contribution in [0.5, 0.6) is 0 Å². The Morgan fingerprint density at radius 1 is 1.71 bits per heavy atom. The minimum atomic E-state index is -0.942. The van der Waals surface area contributed by atoms with Crippen molar-refractivity contribution in [2.45, 2.75) is 18.9 Å². The van der Waals surface area contributed by atoms with E-state index in [4.69, 9.17) is 10.8 Å². The van der Waals surface area contributed by atoms with Gasteiger partial charge in [-0.15, -0.1) is 0 Å². The van der Waals surface area contributed by atoms with E-state index >= 15 is 0 Å². The average Bonchev–Trinajstić information content (AvgIpc) is 2.70. The molecule has 0 aromatic carbocycles. The number of carbonyl (C=O) groups is 1. The van der Waals surface area contributed by atoms with Crippen molar-refractivity contribution in [2.75, 3.05) is 12.3 Å².